The van der Waals surface area contributed by atoms with Crippen LogP contribution in [0, 0.1) is 0 Å². The second-order valence-electron chi connectivity index (χ2n) is 6.90. The van der Waals surface area contributed by atoms with E-state index in [-0.39, 0.29) is 17.7 Å². The first kappa shape index (κ1) is 19.7. The zero-order valence-corrected chi connectivity index (χ0v) is 15.3. The Bertz CT molecular complexity index is 716. The van der Waals surface area contributed by atoms with Crippen LogP contribution in [-0.2, 0) is 21.3 Å². The Kier molecular flexibility index (Phi) is 5.96. The molecule has 10 heteroatoms. The van der Waals surface area contributed by atoms with Crippen LogP contribution in [0.4, 0.5) is 12.9 Å². The van der Waals surface area contributed by atoms with Crippen LogP contribution in [0.1, 0.15) is 18.4 Å². The van der Waals surface area contributed by atoms with E-state index in [0.717, 1.165) is 5.56 Å². The Morgan fingerprint density at radius 2 is 1.73 bits per heavy atom. The molecule has 26 heavy (non-hydrogen) atoms. The third kappa shape index (κ3) is 4.60. The first-order chi connectivity index (χ1) is 12.3. The smallest absolute Gasteiger partial charge is 0.449 e. The average molecular weight is 391 g/mol. The van der Waals surface area contributed by atoms with Crippen LogP contribution in [0.3, 0.4) is 0 Å². The Morgan fingerprint density at radius 1 is 1.08 bits per heavy atom. The van der Waals surface area contributed by atoms with Gasteiger partial charge in [-0.1, -0.05) is 30.8 Å². The molecular formula is C16H23BF3N2O3S-. The molecule has 1 aromatic rings. The SMILES string of the molecule is O=S(=O)(c1cccc(CN2CCC([B-](F)(F)F)CC2)c1)N1CCOCC1. The first-order valence-electron chi connectivity index (χ1n) is 8.86. The topological polar surface area (TPSA) is 49.9 Å². The molecule has 5 nitrogen and oxygen atoms in total. The number of benzene rings is 1. The van der Waals surface area contributed by atoms with Gasteiger partial charge in [0.15, 0.2) is 0 Å². The molecule has 0 bridgehead atoms. The molecule has 0 aromatic heterocycles. The summed E-state index contributed by atoms with van der Waals surface area (Å²) in [6.07, 6.45) is 0.241. The first-order valence-corrected chi connectivity index (χ1v) is 10.3. The largest absolute Gasteiger partial charge is 0.481 e. The summed E-state index contributed by atoms with van der Waals surface area (Å²) in [6.45, 7) is -2.11. The molecule has 2 heterocycles. The summed E-state index contributed by atoms with van der Waals surface area (Å²) in [7, 11) is -3.56. The van der Waals surface area contributed by atoms with Crippen molar-refractivity contribution in [1.29, 1.82) is 0 Å². The summed E-state index contributed by atoms with van der Waals surface area (Å²) >= 11 is 0. The number of nitrogens with zero attached hydrogens (tertiary/aromatic N) is 2. The fourth-order valence-electron chi connectivity index (χ4n) is 3.49. The van der Waals surface area contributed by atoms with Crippen LogP contribution >= 0.6 is 0 Å². The number of sulfonamides is 1. The molecule has 2 aliphatic heterocycles. The molecule has 3 rings (SSSR count). The fraction of sp³-hybridized carbons (Fsp3) is 0.625. The number of hydrogen-bond acceptors (Lipinski definition) is 4. The maximum absolute atomic E-state index is 12.8. The molecule has 0 atom stereocenters. The average Bonchev–Trinajstić information content (AvgIpc) is 2.62. The lowest BCUT2D eigenvalue weighted by Gasteiger charge is -2.36. The molecule has 0 N–H and O–H groups in total. The van der Waals surface area contributed by atoms with Crippen LogP contribution in [0.25, 0.3) is 0 Å². The van der Waals surface area contributed by atoms with Crippen molar-refractivity contribution in [3.8, 4) is 0 Å². The summed E-state index contributed by atoms with van der Waals surface area (Å²) in [5.41, 5.74) is 0.801. The Balaban J connectivity index is 1.65. The number of hydrogen-bond donors (Lipinski definition) is 0. The minimum absolute atomic E-state index is 0.120. The van der Waals surface area contributed by atoms with Crippen LogP contribution in [0.2, 0.25) is 5.82 Å². The predicted octanol–water partition coefficient (Wildman–Crippen LogP) is 2.52. The summed E-state index contributed by atoms with van der Waals surface area (Å²) in [5.74, 6) is -1.17. The number of morpholine rings is 1. The molecule has 0 amide bonds. The Hall–Kier alpha value is -1.10. The minimum Gasteiger partial charge on any atom is -0.449 e. The second-order valence-corrected chi connectivity index (χ2v) is 8.84. The van der Waals surface area contributed by atoms with E-state index in [1.54, 1.807) is 18.2 Å². The van der Waals surface area contributed by atoms with Gasteiger partial charge < -0.3 is 17.7 Å². The van der Waals surface area contributed by atoms with Gasteiger partial charge in [-0.05, 0) is 30.8 Å². The number of rotatable bonds is 5. The van der Waals surface area contributed by atoms with Crippen molar-refractivity contribution in [2.45, 2.75) is 30.1 Å². The molecule has 0 spiro atoms. The van der Waals surface area contributed by atoms with Crippen LogP contribution in [0.5, 0.6) is 0 Å². The van der Waals surface area contributed by atoms with Gasteiger partial charge in [0.05, 0.1) is 18.1 Å². The molecule has 0 radical (unpaired) electrons. The number of ether oxygens (including phenoxy) is 1. The molecule has 2 aliphatic rings. The lowest BCUT2D eigenvalue weighted by molar-refractivity contribution is 0.0730. The van der Waals surface area contributed by atoms with E-state index in [1.807, 2.05) is 11.0 Å². The minimum atomic E-state index is -4.77. The van der Waals surface area contributed by atoms with Crippen molar-refractivity contribution in [1.82, 2.24) is 9.21 Å². The van der Waals surface area contributed by atoms with Gasteiger partial charge in [-0.15, -0.1) is 0 Å². The van der Waals surface area contributed by atoms with E-state index in [1.165, 1.54) is 4.31 Å². The Morgan fingerprint density at radius 3 is 2.35 bits per heavy atom. The lowest BCUT2D eigenvalue weighted by Crippen LogP contribution is -2.40. The highest BCUT2D eigenvalue weighted by Gasteiger charge is 2.36. The highest BCUT2D eigenvalue weighted by molar-refractivity contribution is 7.89. The van der Waals surface area contributed by atoms with Gasteiger partial charge in [0.25, 0.3) is 0 Å². The maximum Gasteiger partial charge on any atom is 0.481 e. The number of piperidine rings is 1. The van der Waals surface area contributed by atoms with Gasteiger partial charge in [0.2, 0.25) is 10.0 Å². The van der Waals surface area contributed by atoms with E-state index in [0.29, 0.717) is 45.9 Å². The third-order valence-electron chi connectivity index (χ3n) is 5.08. The van der Waals surface area contributed by atoms with Crippen molar-refractivity contribution in [3.63, 3.8) is 0 Å². The van der Waals surface area contributed by atoms with Crippen LogP contribution in [-0.4, -0.2) is 64.0 Å². The lowest BCUT2D eigenvalue weighted by atomic mass is 9.67. The second kappa shape index (κ2) is 7.88. The van der Waals surface area contributed by atoms with Gasteiger partial charge in [0, 0.05) is 19.6 Å². The summed E-state index contributed by atoms with van der Waals surface area (Å²) in [5, 5.41) is 0. The maximum atomic E-state index is 12.8. The molecule has 2 saturated heterocycles. The van der Waals surface area contributed by atoms with Crippen molar-refractivity contribution >= 4 is 17.0 Å². The standard InChI is InChI=1S/C16H23BF3N2O3S/c18-17(19,20)15-4-6-21(7-5-15)13-14-2-1-3-16(12-14)26(23,24)22-8-10-25-11-9-22/h1-3,12,15H,4-11,13H2/q-1. The van der Waals surface area contributed by atoms with Gasteiger partial charge in [-0.2, -0.15) is 4.31 Å². The van der Waals surface area contributed by atoms with Crippen molar-refractivity contribution in [3.05, 3.63) is 29.8 Å². The summed E-state index contributed by atoms with van der Waals surface area (Å²) in [6, 6.07) is 6.70. The highest BCUT2D eigenvalue weighted by atomic mass is 32.2. The zero-order chi connectivity index (χ0) is 18.8. The van der Waals surface area contributed by atoms with E-state index in [9.17, 15) is 21.4 Å². The molecular weight excluding hydrogens is 368 g/mol. The van der Waals surface area contributed by atoms with Gasteiger partial charge in [-0.3, -0.25) is 4.90 Å². The quantitative estimate of drug-likeness (QED) is 0.724. The van der Waals surface area contributed by atoms with E-state index >= 15 is 0 Å². The van der Waals surface area contributed by atoms with Crippen molar-refractivity contribution in [2.24, 2.45) is 0 Å². The van der Waals surface area contributed by atoms with E-state index in [2.05, 4.69) is 0 Å². The highest BCUT2D eigenvalue weighted by Crippen LogP contribution is 2.35. The molecule has 0 unspecified atom stereocenters. The van der Waals surface area contributed by atoms with Gasteiger partial charge in [0.1, 0.15) is 0 Å². The fourth-order valence-corrected chi connectivity index (χ4v) is 4.97. The molecule has 2 fully saturated rings. The molecule has 0 aliphatic carbocycles. The summed E-state index contributed by atoms with van der Waals surface area (Å²) < 4.78 is 70.5. The third-order valence-corrected chi connectivity index (χ3v) is 6.97. The van der Waals surface area contributed by atoms with Crippen molar-refractivity contribution < 1.29 is 26.1 Å². The molecule has 0 saturated carbocycles. The number of likely N-dealkylation sites (tertiary alicyclic amines) is 1. The van der Waals surface area contributed by atoms with Gasteiger partial charge >= 0.3 is 6.98 Å². The Labute approximate surface area is 152 Å². The van der Waals surface area contributed by atoms with Crippen LogP contribution in [0.15, 0.2) is 29.2 Å². The monoisotopic (exact) mass is 391 g/mol. The number of halogens is 3. The van der Waals surface area contributed by atoms with Gasteiger partial charge in [-0.25, -0.2) is 8.42 Å². The van der Waals surface area contributed by atoms with Crippen LogP contribution < -0.4 is 0 Å². The van der Waals surface area contributed by atoms with E-state index in [4.69, 9.17) is 4.74 Å². The van der Waals surface area contributed by atoms with E-state index < -0.39 is 22.8 Å². The van der Waals surface area contributed by atoms with Crippen molar-refractivity contribution in [2.75, 3.05) is 39.4 Å². The predicted molar refractivity (Wildman–Crippen MR) is 93.4 cm³/mol. The molecule has 1 aromatic carbocycles. The normalized spacial score (nSPS) is 21.8. The molecule has 146 valence electrons. The zero-order valence-electron chi connectivity index (χ0n) is 14.5. The summed E-state index contributed by atoms with van der Waals surface area (Å²) in [4.78, 5) is 2.18.